The number of urea groups is 1. The zero-order valence-corrected chi connectivity index (χ0v) is 13.5. The van der Waals surface area contributed by atoms with Gasteiger partial charge >= 0.3 is 6.03 Å². The summed E-state index contributed by atoms with van der Waals surface area (Å²) in [5.74, 6) is 1.47. The van der Waals surface area contributed by atoms with Crippen LogP contribution in [-0.4, -0.2) is 49.2 Å². The summed E-state index contributed by atoms with van der Waals surface area (Å²) in [4.78, 5) is 19.0. The van der Waals surface area contributed by atoms with Crippen LogP contribution in [0, 0.1) is 0 Å². The first-order valence-corrected chi connectivity index (χ1v) is 7.67. The molecule has 0 saturated carbocycles. The highest BCUT2D eigenvalue weighted by Gasteiger charge is 2.26. The predicted octanol–water partition coefficient (Wildman–Crippen LogP) is 1.96. The van der Waals surface area contributed by atoms with E-state index in [1.165, 1.54) is 0 Å². The molecule has 124 valence electrons. The van der Waals surface area contributed by atoms with Gasteiger partial charge in [-0.3, -0.25) is 0 Å². The molecule has 0 spiro atoms. The van der Waals surface area contributed by atoms with Crippen molar-refractivity contribution in [3.63, 3.8) is 0 Å². The van der Waals surface area contributed by atoms with Gasteiger partial charge in [0, 0.05) is 25.1 Å². The molecule has 0 radical (unpaired) electrons. The van der Waals surface area contributed by atoms with E-state index in [-0.39, 0.29) is 25.0 Å². The lowest BCUT2D eigenvalue weighted by molar-refractivity contribution is 0.0655. The highest BCUT2D eigenvalue weighted by atomic mass is 16.7. The number of amides is 2. The van der Waals surface area contributed by atoms with Crippen LogP contribution in [0.1, 0.15) is 25.8 Å². The van der Waals surface area contributed by atoms with Crippen LogP contribution < -0.4 is 14.8 Å². The van der Waals surface area contributed by atoms with Gasteiger partial charge in [-0.05, 0) is 32.0 Å². The number of oxime groups is 1. The minimum absolute atomic E-state index is 0.106. The third-order valence-electron chi connectivity index (χ3n) is 3.68. The number of fused-ring (bicyclic) bond motifs is 1. The van der Waals surface area contributed by atoms with Crippen LogP contribution in [0.15, 0.2) is 23.4 Å². The first kappa shape index (κ1) is 15.5. The molecule has 0 aliphatic carbocycles. The zero-order valence-electron chi connectivity index (χ0n) is 13.5. The number of rotatable bonds is 4. The van der Waals surface area contributed by atoms with Gasteiger partial charge in [0.05, 0.1) is 12.3 Å². The first-order valence-electron chi connectivity index (χ1n) is 7.67. The molecule has 1 aromatic carbocycles. The molecular weight excluding hydrogens is 298 g/mol. The molecule has 1 atom stereocenters. The Morgan fingerprint density at radius 1 is 1.39 bits per heavy atom. The number of carbonyl (C=O) groups excluding carboxylic acids is 1. The first-order chi connectivity index (χ1) is 11.0. The molecule has 2 amide bonds. The van der Waals surface area contributed by atoms with E-state index < -0.39 is 0 Å². The van der Waals surface area contributed by atoms with Crippen LogP contribution in [0.2, 0.25) is 0 Å². The second-order valence-electron chi connectivity index (χ2n) is 6.02. The SMILES string of the molecule is CC(C)NC(=O)N(C)CC1CC(c2ccc3c(c2)OCO3)=NO1. The van der Waals surface area contributed by atoms with Crippen molar-refractivity contribution in [3.05, 3.63) is 23.8 Å². The Morgan fingerprint density at radius 3 is 2.96 bits per heavy atom. The summed E-state index contributed by atoms with van der Waals surface area (Å²) in [7, 11) is 1.75. The fourth-order valence-corrected chi connectivity index (χ4v) is 2.52. The Labute approximate surface area is 135 Å². The Kier molecular flexibility index (Phi) is 4.27. The summed E-state index contributed by atoms with van der Waals surface area (Å²) in [6.07, 6.45) is 0.511. The second kappa shape index (κ2) is 6.36. The Balaban J connectivity index is 1.57. The van der Waals surface area contributed by atoms with Crippen molar-refractivity contribution in [3.8, 4) is 11.5 Å². The number of nitrogens with zero attached hydrogens (tertiary/aromatic N) is 2. The molecule has 0 aromatic heterocycles. The number of nitrogens with one attached hydrogen (secondary N) is 1. The van der Waals surface area contributed by atoms with Crippen LogP contribution in [-0.2, 0) is 4.84 Å². The van der Waals surface area contributed by atoms with Crippen molar-refractivity contribution in [2.75, 3.05) is 20.4 Å². The van der Waals surface area contributed by atoms with Crippen molar-refractivity contribution < 1.29 is 19.1 Å². The van der Waals surface area contributed by atoms with Gasteiger partial charge in [0.2, 0.25) is 6.79 Å². The molecule has 1 aromatic rings. The topological polar surface area (TPSA) is 72.4 Å². The van der Waals surface area contributed by atoms with Gasteiger partial charge in [-0.25, -0.2) is 4.79 Å². The number of carbonyl (C=O) groups is 1. The third kappa shape index (κ3) is 3.49. The molecule has 2 aliphatic heterocycles. The lowest BCUT2D eigenvalue weighted by Crippen LogP contribution is -2.43. The molecule has 7 heteroatoms. The van der Waals surface area contributed by atoms with Crippen molar-refractivity contribution in [2.24, 2.45) is 5.16 Å². The van der Waals surface area contributed by atoms with Crippen molar-refractivity contribution in [2.45, 2.75) is 32.4 Å². The van der Waals surface area contributed by atoms with Crippen LogP contribution in [0.4, 0.5) is 4.79 Å². The number of benzene rings is 1. The molecule has 0 saturated heterocycles. The van der Waals surface area contributed by atoms with Gasteiger partial charge in [-0.1, -0.05) is 5.16 Å². The van der Waals surface area contributed by atoms with E-state index in [9.17, 15) is 4.79 Å². The summed E-state index contributed by atoms with van der Waals surface area (Å²) in [5.41, 5.74) is 1.80. The molecule has 1 unspecified atom stereocenters. The largest absolute Gasteiger partial charge is 0.454 e. The van der Waals surface area contributed by atoms with E-state index in [2.05, 4.69) is 10.5 Å². The summed E-state index contributed by atoms with van der Waals surface area (Å²) in [6.45, 7) is 4.59. The van der Waals surface area contributed by atoms with Gasteiger partial charge in [0.25, 0.3) is 0 Å². The second-order valence-corrected chi connectivity index (χ2v) is 6.02. The van der Waals surface area contributed by atoms with Crippen LogP contribution >= 0.6 is 0 Å². The summed E-state index contributed by atoms with van der Waals surface area (Å²) < 4.78 is 10.7. The third-order valence-corrected chi connectivity index (χ3v) is 3.68. The smallest absolute Gasteiger partial charge is 0.317 e. The molecule has 1 N–H and O–H groups in total. The molecule has 3 rings (SSSR count). The average molecular weight is 319 g/mol. The van der Waals surface area contributed by atoms with Crippen molar-refractivity contribution >= 4 is 11.7 Å². The monoisotopic (exact) mass is 319 g/mol. The maximum Gasteiger partial charge on any atom is 0.317 e. The van der Waals surface area contributed by atoms with Gasteiger partial charge in [-0.2, -0.15) is 0 Å². The molecule has 0 bridgehead atoms. The Morgan fingerprint density at radius 2 is 2.17 bits per heavy atom. The van der Waals surface area contributed by atoms with E-state index in [1.807, 2.05) is 32.0 Å². The van der Waals surface area contributed by atoms with Gasteiger partial charge in [0.15, 0.2) is 17.6 Å². The molecular formula is C16H21N3O4. The van der Waals surface area contributed by atoms with E-state index in [0.29, 0.717) is 13.0 Å². The number of ether oxygens (including phenoxy) is 2. The summed E-state index contributed by atoms with van der Waals surface area (Å²) in [6, 6.07) is 5.71. The predicted molar refractivity (Wildman–Crippen MR) is 84.9 cm³/mol. The maximum atomic E-state index is 11.9. The quantitative estimate of drug-likeness (QED) is 0.921. The summed E-state index contributed by atoms with van der Waals surface area (Å²) in [5, 5.41) is 7.00. The minimum Gasteiger partial charge on any atom is -0.454 e. The van der Waals surface area contributed by atoms with E-state index in [1.54, 1.807) is 11.9 Å². The molecule has 2 aliphatic rings. The highest BCUT2D eigenvalue weighted by molar-refractivity contribution is 6.01. The molecule has 2 heterocycles. The van der Waals surface area contributed by atoms with Gasteiger partial charge in [-0.15, -0.1) is 0 Å². The standard InChI is InChI=1S/C16H21N3O4/c1-10(2)17-16(20)19(3)8-12-7-13(18-23-12)11-4-5-14-15(6-11)22-9-21-14/h4-6,10,12H,7-9H2,1-3H3,(H,17,20). The normalized spacial score (nSPS) is 18.6. The highest BCUT2D eigenvalue weighted by Crippen LogP contribution is 2.33. The number of hydrogen-bond acceptors (Lipinski definition) is 5. The van der Waals surface area contributed by atoms with Gasteiger partial charge < -0.3 is 24.5 Å². The maximum absolute atomic E-state index is 11.9. The summed E-state index contributed by atoms with van der Waals surface area (Å²) >= 11 is 0. The minimum atomic E-state index is -0.140. The van der Waals surface area contributed by atoms with Crippen LogP contribution in [0.5, 0.6) is 11.5 Å². The fourth-order valence-electron chi connectivity index (χ4n) is 2.52. The van der Waals surface area contributed by atoms with E-state index >= 15 is 0 Å². The molecule has 23 heavy (non-hydrogen) atoms. The lowest BCUT2D eigenvalue weighted by Gasteiger charge is -2.21. The fraction of sp³-hybridized carbons (Fsp3) is 0.500. The zero-order chi connectivity index (χ0) is 16.4. The lowest BCUT2D eigenvalue weighted by atomic mass is 10.0. The van der Waals surface area contributed by atoms with Crippen molar-refractivity contribution in [1.29, 1.82) is 0 Å². The van der Waals surface area contributed by atoms with Crippen LogP contribution in [0.3, 0.4) is 0 Å². The molecule has 7 nitrogen and oxygen atoms in total. The average Bonchev–Trinajstić information content (AvgIpc) is 3.14. The van der Waals surface area contributed by atoms with Crippen LogP contribution in [0.25, 0.3) is 0 Å². The van der Waals surface area contributed by atoms with E-state index in [0.717, 1.165) is 22.8 Å². The Hall–Kier alpha value is -2.44. The van der Waals surface area contributed by atoms with E-state index in [4.69, 9.17) is 14.3 Å². The number of hydrogen-bond donors (Lipinski definition) is 1. The van der Waals surface area contributed by atoms with Crippen molar-refractivity contribution in [1.82, 2.24) is 10.2 Å². The van der Waals surface area contributed by atoms with Gasteiger partial charge in [0.1, 0.15) is 0 Å². The molecule has 0 fully saturated rings. The number of likely N-dealkylation sites (N-methyl/N-ethyl adjacent to an activating group) is 1. The Bertz CT molecular complexity index is 630.